The third-order valence-electron chi connectivity index (χ3n) is 4.37. The minimum atomic E-state index is -0.718. The fourth-order valence-electron chi connectivity index (χ4n) is 3.29. The van der Waals surface area contributed by atoms with Gasteiger partial charge in [-0.2, -0.15) is 0 Å². The Labute approximate surface area is 125 Å². The van der Waals surface area contributed by atoms with Crippen LogP contribution in [0.1, 0.15) is 25.7 Å². The van der Waals surface area contributed by atoms with Gasteiger partial charge in [-0.05, 0) is 32.2 Å². The van der Waals surface area contributed by atoms with Gasteiger partial charge in [-0.15, -0.1) is 6.42 Å². The summed E-state index contributed by atoms with van der Waals surface area (Å²) < 4.78 is 0. The summed E-state index contributed by atoms with van der Waals surface area (Å²) in [6.07, 6.45) is 8.52. The Balaban J connectivity index is 1.79. The SMILES string of the molecule is C#CCNCC(=O)N1CCC(N2CCCC2C(=O)O)CC1. The van der Waals surface area contributed by atoms with Crippen LogP contribution in [0.25, 0.3) is 0 Å². The second-order valence-electron chi connectivity index (χ2n) is 5.65. The number of rotatable bonds is 5. The van der Waals surface area contributed by atoms with Gasteiger partial charge in [-0.3, -0.25) is 19.8 Å². The maximum atomic E-state index is 12.0. The highest BCUT2D eigenvalue weighted by molar-refractivity contribution is 5.78. The molecule has 6 nitrogen and oxygen atoms in total. The second-order valence-corrected chi connectivity index (χ2v) is 5.65. The summed E-state index contributed by atoms with van der Waals surface area (Å²) in [4.78, 5) is 27.2. The van der Waals surface area contributed by atoms with E-state index in [1.165, 1.54) is 0 Å². The highest BCUT2D eigenvalue weighted by Gasteiger charge is 2.37. The molecule has 0 aromatic carbocycles. The molecule has 2 aliphatic rings. The molecule has 1 unspecified atom stereocenters. The van der Waals surface area contributed by atoms with Crippen molar-refractivity contribution in [3.63, 3.8) is 0 Å². The predicted molar refractivity (Wildman–Crippen MR) is 78.7 cm³/mol. The van der Waals surface area contributed by atoms with Gasteiger partial charge in [0, 0.05) is 19.1 Å². The van der Waals surface area contributed by atoms with E-state index in [1.54, 1.807) is 0 Å². The van der Waals surface area contributed by atoms with Crippen LogP contribution in [0.15, 0.2) is 0 Å². The molecule has 2 heterocycles. The zero-order valence-corrected chi connectivity index (χ0v) is 12.3. The summed E-state index contributed by atoms with van der Waals surface area (Å²) in [5.74, 6) is 1.79. The lowest BCUT2D eigenvalue weighted by Gasteiger charge is -2.38. The minimum Gasteiger partial charge on any atom is -0.480 e. The highest BCUT2D eigenvalue weighted by atomic mass is 16.4. The molecule has 0 aromatic heterocycles. The number of piperidine rings is 1. The molecule has 2 aliphatic heterocycles. The largest absolute Gasteiger partial charge is 0.480 e. The van der Waals surface area contributed by atoms with Crippen molar-refractivity contribution in [2.75, 3.05) is 32.7 Å². The Morgan fingerprint density at radius 1 is 1.24 bits per heavy atom. The molecule has 2 saturated heterocycles. The number of aliphatic carboxylic acids is 1. The Bertz CT molecular complexity index is 424. The van der Waals surface area contributed by atoms with Crippen LogP contribution >= 0.6 is 0 Å². The molecule has 0 aromatic rings. The summed E-state index contributed by atoms with van der Waals surface area (Å²) in [5.41, 5.74) is 0. The van der Waals surface area contributed by atoms with Crippen molar-refractivity contribution in [2.45, 2.75) is 37.8 Å². The van der Waals surface area contributed by atoms with E-state index in [0.29, 0.717) is 19.6 Å². The number of nitrogens with one attached hydrogen (secondary N) is 1. The van der Waals surface area contributed by atoms with E-state index in [1.807, 2.05) is 4.90 Å². The maximum absolute atomic E-state index is 12.0. The Kier molecular flexibility index (Phi) is 5.59. The van der Waals surface area contributed by atoms with Gasteiger partial charge in [0.1, 0.15) is 6.04 Å². The number of likely N-dealkylation sites (tertiary alicyclic amines) is 2. The van der Waals surface area contributed by atoms with E-state index in [0.717, 1.165) is 32.2 Å². The van der Waals surface area contributed by atoms with Gasteiger partial charge < -0.3 is 10.0 Å². The van der Waals surface area contributed by atoms with Gasteiger partial charge in [-0.1, -0.05) is 5.92 Å². The van der Waals surface area contributed by atoms with Gasteiger partial charge in [0.15, 0.2) is 0 Å². The van der Waals surface area contributed by atoms with Gasteiger partial charge in [0.25, 0.3) is 0 Å². The zero-order valence-electron chi connectivity index (χ0n) is 12.3. The second kappa shape index (κ2) is 7.43. The van der Waals surface area contributed by atoms with E-state index in [4.69, 9.17) is 6.42 Å². The number of carbonyl (C=O) groups excluding carboxylic acids is 1. The molecular formula is C15H23N3O3. The van der Waals surface area contributed by atoms with Crippen molar-refractivity contribution in [1.29, 1.82) is 0 Å². The van der Waals surface area contributed by atoms with E-state index < -0.39 is 5.97 Å². The molecule has 2 fully saturated rings. The number of carbonyl (C=O) groups is 2. The van der Waals surface area contributed by atoms with Crippen LogP contribution in [-0.2, 0) is 9.59 Å². The quantitative estimate of drug-likeness (QED) is 0.540. The molecule has 6 heteroatoms. The lowest BCUT2D eigenvalue weighted by atomic mass is 10.0. The summed E-state index contributed by atoms with van der Waals surface area (Å²) in [6.45, 7) is 2.93. The van der Waals surface area contributed by atoms with E-state index in [2.05, 4.69) is 16.1 Å². The Morgan fingerprint density at radius 2 is 1.95 bits per heavy atom. The van der Waals surface area contributed by atoms with Crippen LogP contribution in [0.2, 0.25) is 0 Å². The van der Waals surface area contributed by atoms with E-state index in [9.17, 15) is 14.7 Å². The standard InChI is InChI=1S/C15H23N3O3/c1-2-7-16-11-14(19)17-9-5-12(6-10-17)18-8-3-4-13(18)15(20)21/h1,12-13,16H,3-11H2,(H,20,21). The molecule has 0 aliphatic carbocycles. The lowest BCUT2D eigenvalue weighted by molar-refractivity contribution is -0.144. The summed E-state index contributed by atoms with van der Waals surface area (Å²) in [6, 6.07) is -0.0501. The summed E-state index contributed by atoms with van der Waals surface area (Å²) in [7, 11) is 0. The number of nitrogens with zero attached hydrogens (tertiary/aromatic N) is 2. The molecule has 0 spiro atoms. The fraction of sp³-hybridized carbons (Fsp3) is 0.733. The maximum Gasteiger partial charge on any atom is 0.320 e. The summed E-state index contributed by atoms with van der Waals surface area (Å²) in [5, 5.41) is 12.1. The van der Waals surface area contributed by atoms with Crippen molar-refractivity contribution < 1.29 is 14.7 Å². The number of amides is 1. The zero-order chi connectivity index (χ0) is 15.2. The molecule has 2 N–H and O–H groups in total. The Hall–Kier alpha value is -1.58. The first-order valence-corrected chi connectivity index (χ1v) is 7.54. The van der Waals surface area contributed by atoms with Crippen LogP contribution < -0.4 is 5.32 Å². The molecule has 21 heavy (non-hydrogen) atoms. The van der Waals surface area contributed by atoms with Crippen molar-refractivity contribution >= 4 is 11.9 Å². The normalized spacial score (nSPS) is 24.0. The third kappa shape index (κ3) is 3.96. The first kappa shape index (κ1) is 15.8. The minimum absolute atomic E-state index is 0.0694. The molecule has 0 bridgehead atoms. The molecule has 1 amide bonds. The van der Waals surface area contributed by atoms with Crippen molar-refractivity contribution in [2.24, 2.45) is 0 Å². The number of hydrogen-bond donors (Lipinski definition) is 2. The average Bonchev–Trinajstić information content (AvgIpc) is 2.97. The molecule has 0 saturated carbocycles. The first-order valence-electron chi connectivity index (χ1n) is 7.54. The predicted octanol–water partition coefficient (Wildman–Crippen LogP) is -0.251. The van der Waals surface area contributed by atoms with Gasteiger partial charge in [-0.25, -0.2) is 0 Å². The monoisotopic (exact) mass is 293 g/mol. The van der Waals surface area contributed by atoms with Crippen LogP contribution in [0.3, 0.4) is 0 Å². The number of terminal acetylenes is 1. The van der Waals surface area contributed by atoms with E-state index in [-0.39, 0.29) is 24.5 Å². The molecule has 2 rings (SSSR count). The topological polar surface area (TPSA) is 72.9 Å². The van der Waals surface area contributed by atoms with Crippen LogP contribution in [0, 0.1) is 12.3 Å². The summed E-state index contributed by atoms with van der Waals surface area (Å²) >= 11 is 0. The van der Waals surface area contributed by atoms with Crippen molar-refractivity contribution in [3.8, 4) is 12.3 Å². The highest BCUT2D eigenvalue weighted by Crippen LogP contribution is 2.26. The van der Waals surface area contributed by atoms with Crippen LogP contribution in [0.5, 0.6) is 0 Å². The van der Waals surface area contributed by atoms with Gasteiger partial charge in [0.05, 0.1) is 13.1 Å². The third-order valence-corrected chi connectivity index (χ3v) is 4.37. The van der Waals surface area contributed by atoms with Gasteiger partial charge >= 0.3 is 5.97 Å². The number of carboxylic acid groups (broad SMARTS) is 1. The van der Waals surface area contributed by atoms with E-state index >= 15 is 0 Å². The molecule has 1 atom stereocenters. The first-order chi connectivity index (χ1) is 10.1. The van der Waals surface area contributed by atoms with Crippen molar-refractivity contribution in [1.82, 2.24) is 15.1 Å². The number of hydrogen-bond acceptors (Lipinski definition) is 4. The van der Waals surface area contributed by atoms with Crippen molar-refractivity contribution in [3.05, 3.63) is 0 Å². The van der Waals surface area contributed by atoms with Gasteiger partial charge in [0.2, 0.25) is 5.91 Å². The lowest BCUT2D eigenvalue weighted by Crippen LogP contribution is -2.51. The molecule has 0 radical (unpaired) electrons. The van der Waals surface area contributed by atoms with Crippen LogP contribution in [-0.4, -0.2) is 71.6 Å². The average molecular weight is 293 g/mol. The molecular weight excluding hydrogens is 270 g/mol. The van der Waals surface area contributed by atoms with Crippen LogP contribution in [0.4, 0.5) is 0 Å². The molecule has 116 valence electrons. The Morgan fingerprint density at radius 3 is 2.57 bits per heavy atom. The number of carboxylic acids is 1. The fourth-order valence-corrected chi connectivity index (χ4v) is 3.29. The smallest absolute Gasteiger partial charge is 0.320 e.